The van der Waals surface area contributed by atoms with Gasteiger partial charge in [0.25, 0.3) is 0 Å². The molecule has 1 saturated carbocycles. The number of methoxy groups -OCH3 is 2. The minimum absolute atomic E-state index is 0.0270. The minimum atomic E-state index is -3.89. The van der Waals surface area contributed by atoms with Crippen LogP contribution >= 0.6 is 15.9 Å². The molecule has 0 spiro atoms. The topological polar surface area (TPSA) is 98.8 Å². The third-order valence-corrected chi connectivity index (χ3v) is 5.94. The molecule has 0 saturated heterocycles. The van der Waals surface area contributed by atoms with E-state index in [4.69, 9.17) is 0 Å². The van der Waals surface area contributed by atoms with E-state index in [9.17, 15) is 18.0 Å². The zero-order valence-corrected chi connectivity index (χ0v) is 15.6. The average Bonchev–Trinajstić information content (AvgIpc) is 3.38. The Labute approximate surface area is 148 Å². The Morgan fingerprint density at radius 3 is 2.50 bits per heavy atom. The number of carbonyl (C=O) groups is 2. The summed E-state index contributed by atoms with van der Waals surface area (Å²) in [4.78, 5) is 23.1. The van der Waals surface area contributed by atoms with E-state index >= 15 is 0 Å². The van der Waals surface area contributed by atoms with Crippen LogP contribution in [-0.2, 0) is 24.3 Å². The predicted octanol–water partition coefficient (Wildman–Crippen LogP) is 1.86. The number of ether oxygens (including phenoxy) is 2. The van der Waals surface area contributed by atoms with Crippen LogP contribution < -0.4 is 4.72 Å². The molecule has 0 radical (unpaired) electrons. The maximum atomic E-state index is 12.6. The van der Waals surface area contributed by atoms with Crippen molar-refractivity contribution in [3.8, 4) is 0 Å². The van der Waals surface area contributed by atoms with E-state index in [2.05, 4.69) is 30.1 Å². The van der Waals surface area contributed by atoms with Gasteiger partial charge in [-0.3, -0.25) is 4.79 Å². The zero-order chi connectivity index (χ0) is 17.9. The monoisotopic (exact) mass is 419 g/mol. The molecule has 1 aromatic rings. The number of benzene rings is 1. The summed E-state index contributed by atoms with van der Waals surface area (Å²) < 4.78 is 37.4. The summed E-state index contributed by atoms with van der Waals surface area (Å²) in [5.74, 6) is -0.998. The molecule has 1 aromatic carbocycles. The number of carbonyl (C=O) groups excluding carboxylic acids is 2. The molecular formula is C15H18BrNO6S. The van der Waals surface area contributed by atoms with Gasteiger partial charge in [0.2, 0.25) is 10.0 Å². The van der Waals surface area contributed by atoms with Gasteiger partial charge in [-0.1, -0.05) is 0 Å². The molecule has 1 atom stereocenters. The van der Waals surface area contributed by atoms with Crippen LogP contribution in [0.1, 0.15) is 29.6 Å². The average molecular weight is 420 g/mol. The Kier molecular flexibility index (Phi) is 6.00. The van der Waals surface area contributed by atoms with Crippen molar-refractivity contribution in [2.24, 2.45) is 5.92 Å². The van der Waals surface area contributed by atoms with Crippen molar-refractivity contribution in [3.63, 3.8) is 0 Å². The van der Waals surface area contributed by atoms with Gasteiger partial charge < -0.3 is 9.47 Å². The number of nitrogens with one attached hydrogen (secondary N) is 1. The van der Waals surface area contributed by atoms with Crippen LogP contribution in [0.3, 0.4) is 0 Å². The van der Waals surface area contributed by atoms with Crippen molar-refractivity contribution in [1.29, 1.82) is 0 Å². The van der Waals surface area contributed by atoms with Crippen molar-refractivity contribution in [1.82, 2.24) is 4.72 Å². The Morgan fingerprint density at radius 1 is 1.29 bits per heavy atom. The number of rotatable bonds is 7. The lowest BCUT2D eigenvalue weighted by molar-refractivity contribution is -0.141. The van der Waals surface area contributed by atoms with E-state index < -0.39 is 28.0 Å². The van der Waals surface area contributed by atoms with E-state index in [-0.39, 0.29) is 22.8 Å². The molecule has 1 aliphatic rings. The summed E-state index contributed by atoms with van der Waals surface area (Å²) in [6, 6.07) is 3.56. The molecule has 0 bridgehead atoms. The van der Waals surface area contributed by atoms with Crippen molar-refractivity contribution in [2.45, 2.75) is 30.2 Å². The van der Waals surface area contributed by atoms with Gasteiger partial charge >= 0.3 is 11.9 Å². The van der Waals surface area contributed by atoms with Crippen molar-refractivity contribution in [3.05, 3.63) is 28.2 Å². The van der Waals surface area contributed by atoms with Crippen LogP contribution in [0.2, 0.25) is 0 Å². The summed E-state index contributed by atoms with van der Waals surface area (Å²) in [5, 5.41) is 0. The fraction of sp³-hybridized carbons (Fsp3) is 0.467. The Morgan fingerprint density at radius 2 is 1.96 bits per heavy atom. The molecular weight excluding hydrogens is 402 g/mol. The lowest BCUT2D eigenvalue weighted by Crippen LogP contribution is -2.38. The van der Waals surface area contributed by atoms with Crippen molar-refractivity contribution < 1.29 is 27.5 Å². The summed E-state index contributed by atoms with van der Waals surface area (Å²) in [6.45, 7) is 0. The van der Waals surface area contributed by atoms with E-state index in [0.29, 0.717) is 4.47 Å². The number of esters is 2. The second-order valence-corrected chi connectivity index (χ2v) is 8.05. The van der Waals surface area contributed by atoms with E-state index in [0.717, 1.165) is 12.8 Å². The van der Waals surface area contributed by atoms with Crippen molar-refractivity contribution in [2.75, 3.05) is 14.2 Å². The molecule has 132 valence electrons. The summed E-state index contributed by atoms with van der Waals surface area (Å²) >= 11 is 3.19. The highest BCUT2D eigenvalue weighted by Gasteiger charge is 2.36. The Balaban J connectivity index is 2.25. The second-order valence-electron chi connectivity index (χ2n) is 5.48. The van der Waals surface area contributed by atoms with E-state index in [1.807, 2.05) is 0 Å². The number of sulfonamides is 1. The number of halogens is 1. The molecule has 9 heteroatoms. The van der Waals surface area contributed by atoms with Gasteiger partial charge in [-0.05, 0) is 52.9 Å². The summed E-state index contributed by atoms with van der Waals surface area (Å²) in [7, 11) is -1.41. The van der Waals surface area contributed by atoms with Crippen LogP contribution in [0.4, 0.5) is 0 Å². The SMILES string of the molecule is COC(=O)CC(NS(=O)(=O)c1ccc(Br)c(C(=O)OC)c1)C1CC1. The Bertz CT molecular complexity index is 744. The van der Waals surface area contributed by atoms with Gasteiger partial charge in [0.05, 0.1) is 31.1 Å². The van der Waals surface area contributed by atoms with Crippen molar-refractivity contribution >= 4 is 37.9 Å². The third kappa shape index (κ3) is 4.55. The van der Waals surface area contributed by atoms with E-state index in [1.165, 1.54) is 32.4 Å². The number of hydrogen-bond donors (Lipinski definition) is 1. The minimum Gasteiger partial charge on any atom is -0.469 e. The molecule has 2 rings (SSSR count). The largest absolute Gasteiger partial charge is 0.469 e. The lowest BCUT2D eigenvalue weighted by atomic mass is 10.1. The molecule has 0 amide bonds. The molecule has 0 aromatic heterocycles. The second kappa shape index (κ2) is 7.62. The van der Waals surface area contributed by atoms with Gasteiger partial charge in [-0.2, -0.15) is 0 Å². The Hall–Kier alpha value is -1.45. The molecule has 7 nitrogen and oxygen atoms in total. The highest BCUT2D eigenvalue weighted by atomic mass is 79.9. The first-order chi connectivity index (χ1) is 11.3. The first-order valence-electron chi connectivity index (χ1n) is 7.25. The van der Waals surface area contributed by atoms with Gasteiger partial charge in [0, 0.05) is 10.5 Å². The predicted molar refractivity (Wildman–Crippen MR) is 88.9 cm³/mol. The fourth-order valence-electron chi connectivity index (χ4n) is 2.27. The molecule has 0 heterocycles. The molecule has 1 fully saturated rings. The number of hydrogen-bond acceptors (Lipinski definition) is 6. The van der Waals surface area contributed by atoms with Crippen LogP contribution in [0, 0.1) is 5.92 Å². The molecule has 1 aliphatic carbocycles. The molecule has 0 aliphatic heterocycles. The quantitative estimate of drug-likeness (QED) is 0.677. The standard InChI is InChI=1S/C15H18BrNO6S/c1-22-14(18)8-13(9-3-4-9)17-24(20,21)10-5-6-12(16)11(7-10)15(19)23-2/h5-7,9,13,17H,3-4,8H2,1-2H3. The van der Waals surface area contributed by atoms with E-state index in [1.54, 1.807) is 0 Å². The van der Waals surface area contributed by atoms with Gasteiger partial charge in [-0.15, -0.1) is 0 Å². The summed E-state index contributed by atoms with van der Waals surface area (Å²) in [5.41, 5.74) is 0.108. The normalized spacial score (nSPS) is 15.6. The van der Waals surface area contributed by atoms with Crippen LogP contribution in [-0.4, -0.2) is 40.6 Å². The van der Waals surface area contributed by atoms with Crippen LogP contribution in [0.15, 0.2) is 27.6 Å². The maximum absolute atomic E-state index is 12.6. The lowest BCUT2D eigenvalue weighted by Gasteiger charge is -2.17. The van der Waals surface area contributed by atoms with Gasteiger partial charge in [0.1, 0.15) is 0 Å². The fourth-order valence-corrected chi connectivity index (χ4v) is 4.01. The maximum Gasteiger partial charge on any atom is 0.339 e. The molecule has 1 unspecified atom stereocenters. The first kappa shape index (κ1) is 18.9. The van der Waals surface area contributed by atoms with Gasteiger partial charge in [0.15, 0.2) is 0 Å². The third-order valence-electron chi connectivity index (χ3n) is 3.77. The van der Waals surface area contributed by atoms with Gasteiger partial charge in [-0.25, -0.2) is 17.9 Å². The zero-order valence-electron chi connectivity index (χ0n) is 13.2. The molecule has 24 heavy (non-hydrogen) atoms. The smallest absolute Gasteiger partial charge is 0.339 e. The highest BCUT2D eigenvalue weighted by molar-refractivity contribution is 9.10. The first-order valence-corrected chi connectivity index (χ1v) is 9.53. The van der Waals surface area contributed by atoms with Crippen LogP contribution in [0.25, 0.3) is 0 Å². The van der Waals surface area contributed by atoms with Crippen LogP contribution in [0.5, 0.6) is 0 Å². The molecule has 1 N–H and O–H groups in total. The highest BCUT2D eigenvalue weighted by Crippen LogP contribution is 2.35. The summed E-state index contributed by atoms with van der Waals surface area (Å²) in [6.07, 6.45) is 1.69.